The first-order valence-corrected chi connectivity index (χ1v) is 7.73. The lowest BCUT2D eigenvalue weighted by molar-refractivity contribution is 0.0696. The molecule has 1 saturated carbocycles. The highest BCUT2D eigenvalue weighted by atomic mass is 32.2. The number of benzene rings is 1. The molecule has 0 aliphatic heterocycles. The number of aromatic carboxylic acids is 1. The van der Waals surface area contributed by atoms with Crippen LogP contribution in [0, 0.1) is 5.92 Å². The van der Waals surface area contributed by atoms with Gasteiger partial charge in [0.1, 0.15) is 10.6 Å². The average molecular weight is 284 g/mol. The molecule has 0 radical (unpaired) electrons. The number of carboxylic acid groups (broad SMARTS) is 1. The van der Waals surface area contributed by atoms with Crippen molar-refractivity contribution in [2.24, 2.45) is 5.92 Å². The van der Waals surface area contributed by atoms with E-state index in [1.807, 2.05) is 0 Å². The Balaban J connectivity index is 2.39. The van der Waals surface area contributed by atoms with Crippen LogP contribution in [-0.2, 0) is 9.84 Å². The maximum atomic E-state index is 12.3. The number of ether oxygens (including phenoxy) is 1. The Morgan fingerprint density at radius 3 is 2.58 bits per heavy atom. The number of sulfone groups is 1. The summed E-state index contributed by atoms with van der Waals surface area (Å²) in [5, 5.41) is 8.94. The topological polar surface area (TPSA) is 80.7 Å². The Hall–Kier alpha value is -1.56. The van der Waals surface area contributed by atoms with E-state index in [4.69, 9.17) is 9.84 Å². The third-order valence-corrected chi connectivity index (χ3v) is 5.32. The first-order chi connectivity index (χ1) is 8.94. The van der Waals surface area contributed by atoms with Gasteiger partial charge in [0, 0.05) is 0 Å². The molecule has 0 saturated heterocycles. The Morgan fingerprint density at radius 2 is 2.11 bits per heavy atom. The fourth-order valence-corrected chi connectivity index (χ4v) is 4.01. The summed E-state index contributed by atoms with van der Waals surface area (Å²) in [6.45, 7) is 0. The van der Waals surface area contributed by atoms with Gasteiger partial charge in [0.15, 0.2) is 9.84 Å². The third kappa shape index (κ3) is 2.89. The highest BCUT2D eigenvalue weighted by Crippen LogP contribution is 2.33. The first kappa shape index (κ1) is 13.9. The Labute approximate surface area is 112 Å². The van der Waals surface area contributed by atoms with Crippen molar-refractivity contribution in [2.75, 3.05) is 12.9 Å². The lowest BCUT2D eigenvalue weighted by Gasteiger charge is -2.25. The number of hydrogen-bond acceptors (Lipinski definition) is 4. The predicted molar refractivity (Wildman–Crippen MR) is 69.3 cm³/mol. The van der Waals surface area contributed by atoms with Gasteiger partial charge in [-0.3, -0.25) is 0 Å². The number of methoxy groups -OCH3 is 1. The summed E-state index contributed by atoms with van der Waals surface area (Å²) in [6.07, 6.45) is 2.90. The van der Waals surface area contributed by atoms with Crippen LogP contribution in [0.25, 0.3) is 0 Å². The first-order valence-electron chi connectivity index (χ1n) is 6.08. The van der Waals surface area contributed by atoms with Crippen molar-refractivity contribution in [2.45, 2.75) is 24.2 Å². The zero-order valence-electron chi connectivity index (χ0n) is 10.6. The summed E-state index contributed by atoms with van der Waals surface area (Å²) in [5.74, 6) is -0.706. The molecule has 0 unspecified atom stereocenters. The molecule has 1 fully saturated rings. The van der Waals surface area contributed by atoms with Crippen LogP contribution in [0.3, 0.4) is 0 Å². The molecule has 0 aromatic heterocycles. The van der Waals surface area contributed by atoms with E-state index in [9.17, 15) is 13.2 Å². The van der Waals surface area contributed by atoms with E-state index in [2.05, 4.69) is 0 Å². The average Bonchev–Trinajstić information content (AvgIpc) is 2.33. The van der Waals surface area contributed by atoms with E-state index in [0.29, 0.717) is 0 Å². The van der Waals surface area contributed by atoms with E-state index < -0.39 is 15.8 Å². The molecule has 0 amide bonds. The summed E-state index contributed by atoms with van der Waals surface area (Å²) in [7, 11) is -2.13. The molecule has 5 nitrogen and oxygen atoms in total. The fraction of sp³-hybridized carbons (Fsp3) is 0.462. The van der Waals surface area contributed by atoms with Crippen molar-refractivity contribution < 1.29 is 23.1 Å². The van der Waals surface area contributed by atoms with Crippen molar-refractivity contribution >= 4 is 15.8 Å². The molecule has 1 aromatic rings. The second kappa shape index (κ2) is 5.21. The monoisotopic (exact) mass is 284 g/mol. The maximum Gasteiger partial charge on any atom is 0.335 e. The van der Waals surface area contributed by atoms with Crippen LogP contribution in [0.1, 0.15) is 29.6 Å². The standard InChI is InChI=1S/C13H16O5S/c1-18-11-6-5-10(13(14)15)7-12(11)19(16,17)8-9-3-2-4-9/h5-7,9H,2-4,8H2,1H3,(H,14,15). The second-order valence-corrected chi connectivity index (χ2v) is 6.75. The van der Waals surface area contributed by atoms with Crippen molar-refractivity contribution in [3.05, 3.63) is 23.8 Å². The lowest BCUT2D eigenvalue weighted by atomic mass is 9.87. The zero-order valence-corrected chi connectivity index (χ0v) is 11.4. The van der Waals surface area contributed by atoms with E-state index in [1.165, 1.54) is 25.3 Å². The quantitative estimate of drug-likeness (QED) is 0.894. The molecule has 1 aliphatic rings. The summed E-state index contributed by atoms with van der Waals surface area (Å²) in [6, 6.07) is 3.90. The van der Waals surface area contributed by atoms with Crippen LogP contribution in [0.15, 0.2) is 23.1 Å². The van der Waals surface area contributed by atoms with Gasteiger partial charge in [-0.25, -0.2) is 13.2 Å². The molecule has 1 aliphatic carbocycles. The number of carbonyl (C=O) groups is 1. The predicted octanol–water partition coefficient (Wildman–Crippen LogP) is 1.97. The minimum atomic E-state index is -3.51. The van der Waals surface area contributed by atoms with Gasteiger partial charge in [-0.2, -0.15) is 0 Å². The Kier molecular flexibility index (Phi) is 3.80. The largest absolute Gasteiger partial charge is 0.495 e. The van der Waals surface area contributed by atoms with E-state index in [1.54, 1.807) is 0 Å². The van der Waals surface area contributed by atoms with Gasteiger partial charge in [-0.1, -0.05) is 6.42 Å². The van der Waals surface area contributed by atoms with Gasteiger partial charge in [-0.05, 0) is 37.0 Å². The molecular weight excluding hydrogens is 268 g/mol. The molecule has 104 valence electrons. The van der Waals surface area contributed by atoms with E-state index in [-0.39, 0.29) is 27.9 Å². The highest BCUT2D eigenvalue weighted by Gasteiger charge is 2.28. The van der Waals surface area contributed by atoms with Gasteiger partial charge in [0.25, 0.3) is 0 Å². The minimum Gasteiger partial charge on any atom is -0.495 e. The van der Waals surface area contributed by atoms with Crippen LogP contribution in [0.4, 0.5) is 0 Å². The molecular formula is C13H16O5S. The molecule has 6 heteroatoms. The van der Waals surface area contributed by atoms with Gasteiger partial charge in [0.2, 0.25) is 0 Å². The highest BCUT2D eigenvalue weighted by molar-refractivity contribution is 7.91. The van der Waals surface area contributed by atoms with Crippen molar-refractivity contribution in [1.29, 1.82) is 0 Å². The Morgan fingerprint density at radius 1 is 1.42 bits per heavy atom. The Bertz CT molecular complexity index is 587. The molecule has 0 heterocycles. The number of carboxylic acids is 1. The van der Waals surface area contributed by atoms with Crippen molar-refractivity contribution in [1.82, 2.24) is 0 Å². The van der Waals surface area contributed by atoms with Crippen LogP contribution in [0.5, 0.6) is 5.75 Å². The summed E-state index contributed by atoms with van der Waals surface area (Å²) in [4.78, 5) is 10.9. The van der Waals surface area contributed by atoms with Crippen LogP contribution < -0.4 is 4.74 Å². The lowest BCUT2D eigenvalue weighted by Crippen LogP contribution is -2.22. The van der Waals surface area contributed by atoms with Gasteiger partial charge >= 0.3 is 5.97 Å². The molecule has 19 heavy (non-hydrogen) atoms. The third-order valence-electron chi connectivity index (χ3n) is 3.43. The van der Waals surface area contributed by atoms with Crippen LogP contribution >= 0.6 is 0 Å². The van der Waals surface area contributed by atoms with E-state index >= 15 is 0 Å². The summed E-state index contributed by atoms with van der Waals surface area (Å²) < 4.78 is 29.7. The smallest absolute Gasteiger partial charge is 0.335 e. The normalized spacial score (nSPS) is 15.8. The van der Waals surface area contributed by atoms with Crippen LogP contribution in [0.2, 0.25) is 0 Å². The van der Waals surface area contributed by atoms with E-state index in [0.717, 1.165) is 19.3 Å². The molecule has 0 spiro atoms. The molecule has 0 atom stereocenters. The zero-order chi connectivity index (χ0) is 14.0. The van der Waals surface area contributed by atoms with Crippen LogP contribution in [-0.4, -0.2) is 32.4 Å². The van der Waals surface area contributed by atoms with Gasteiger partial charge < -0.3 is 9.84 Å². The number of hydrogen-bond donors (Lipinski definition) is 1. The maximum absolute atomic E-state index is 12.3. The molecule has 1 aromatic carbocycles. The molecule has 1 N–H and O–H groups in total. The van der Waals surface area contributed by atoms with Crippen molar-refractivity contribution in [3.8, 4) is 5.75 Å². The van der Waals surface area contributed by atoms with Gasteiger partial charge in [-0.15, -0.1) is 0 Å². The SMILES string of the molecule is COc1ccc(C(=O)O)cc1S(=O)(=O)CC1CCC1. The summed E-state index contributed by atoms with van der Waals surface area (Å²) in [5.41, 5.74) is -0.0482. The summed E-state index contributed by atoms with van der Waals surface area (Å²) >= 11 is 0. The molecule has 0 bridgehead atoms. The number of rotatable bonds is 5. The second-order valence-electron chi connectivity index (χ2n) is 4.75. The van der Waals surface area contributed by atoms with Gasteiger partial charge in [0.05, 0.1) is 18.4 Å². The minimum absolute atomic E-state index is 0.0261. The molecule has 2 rings (SSSR count). The fourth-order valence-electron chi connectivity index (χ4n) is 2.11. The van der Waals surface area contributed by atoms with Crippen molar-refractivity contribution in [3.63, 3.8) is 0 Å².